The molecule has 2 N–H and O–H groups in total. The molecule has 0 radical (unpaired) electrons. The fourth-order valence-electron chi connectivity index (χ4n) is 2.06. The van der Waals surface area contributed by atoms with Gasteiger partial charge in [-0.1, -0.05) is 0 Å². The monoisotopic (exact) mass is 433 g/mol. The molecule has 0 bridgehead atoms. The van der Waals surface area contributed by atoms with E-state index >= 15 is 0 Å². The molecule has 1 aromatic carbocycles. The van der Waals surface area contributed by atoms with Gasteiger partial charge in [0.2, 0.25) is 0 Å². The lowest BCUT2D eigenvalue weighted by atomic mass is 10.2. The fraction of sp³-hybridized carbons (Fsp3) is 0.200. The molecule has 8 heteroatoms. The molecule has 1 atom stereocenters. The third-order valence-electron chi connectivity index (χ3n) is 3.06. The van der Waals surface area contributed by atoms with Gasteiger partial charge in [0, 0.05) is 15.9 Å². The van der Waals surface area contributed by atoms with E-state index in [9.17, 15) is 24.2 Å². The minimum absolute atomic E-state index is 0.0921. The molecule has 2 rings (SSSR count). The number of hydrogen-bond acceptors (Lipinski definition) is 4. The molecule has 0 fully saturated rings. The Balaban J connectivity index is 2.77. The van der Waals surface area contributed by atoms with Gasteiger partial charge in [0.1, 0.15) is 11.5 Å². The van der Waals surface area contributed by atoms with E-state index in [1.807, 2.05) is 0 Å². The summed E-state index contributed by atoms with van der Waals surface area (Å²) >= 11 is 1.76. The number of carboxylic acids is 1. The topological polar surface area (TPSA) is 88.8 Å². The van der Waals surface area contributed by atoms with Crippen molar-refractivity contribution in [1.82, 2.24) is 4.57 Å². The standard InChI is InChI=1S/C15H13FINO5/c1-2-23-15(22)10-7-11(17)12(14(20)21)18(13(10)19)9-5-3-8(16)4-6-9/h3-7,15,22H,2H2,1H3,(H,20,21). The number of halogens is 2. The highest BCUT2D eigenvalue weighted by Gasteiger charge is 2.23. The molecule has 23 heavy (non-hydrogen) atoms. The maximum atomic E-state index is 13.1. The molecule has 0 aliphatic heterocycles. The number of nitrogens with zero attached hydrogens (tertiary/aromatic N) is 1. The molecular formula is C15H13FINO5. The Labute approximate surface area is 144 Å². The van der Waals surface area contributed by atoms with Crippen LogP contribution in [0.1, 0.15) is 29.3 Å². The van der Waals surface area contributed by atoms with Crippen molar-refractivity contribution in [2.45, 2.75) is 13.2 Å². The van der Waals surface area contributed by atoms with Gasteiger partial charge in [0.15, 0.2) is 6.29 Å². The van der Waals surface area contributed by atoms with E-state index in [4.69, 9.17) is 4.74 Å². The van der Waals surface area contributed by atoms with Crippen molar-refractivity contribution in [3.05, 3.63) is 61.3 Å². The van der Waals surface area contributed by atoms with E-state index in [-0.39, 0.29) is 27.1 Å². The molecule has 1 aromatic heterocycles. The number of aromatic carboxylic acids is 1. The molecule has 1 unspecified atom stereocenters. The first kappa shape index (κ1) is 17.6. The molecule has 0 saturated heterocycles. The first-order valence-electron chi connectivity index (χ1n) is 6.61. The van der Waals surface area contributed by atoms with Crippen LogP contribution in [0.3, 0.4) is 0 Å². The molecule has 0 aliphatic carbocycles. The Bertz CT molecular complexity index is 788. The molecule has 0 spiro atoms. The first-order chi connectivity index (χ1) is 10.9. The van der Waals surface area contributed by atoms with Crippen molar-refractivity contribution in [2.75, 3.05) is 6.61 Å². The summed E-state index contributed by atoms with van der Waals surface area (Å²) in [5.41, 5.74) is -0.923. The van der Waals surface area contributed by atoms with Gasteiger partial charge in [-0.2, -0.15) is 0 Å². The Morgan fingerprint density at radius 2 is 2.00 bits per heavy atom. The average molecular weight is 433 g/mol. The smallest absolute Gasteiger partial charge is 0.354 e. The predicted octanol–water partition coefficient (Wildman–Crippen LogP) is 2.31. The Morgan fingerprint density at radius 3 is 2.52 bits per heavy atom. The van der Waals surface area contributed by atoms with Gasteiger partial charge in [-0.3, -0.25) is 9.36 Å². The molecule has 2 aromatic rings. The fourth-order valence-corrected chi connectivity index (χ4v) is 2.87. The number of pyridine rings is 1. The highest BCUT2D eigenvalue weighted by atomic mass is 127. The lowest BCUT2D eigenvalue weighted by Gasteiger charge is -2.17. The zero-order valence-corrected chi connectivity index (χ0v) is 14.2. The van der Waals surface area contributed by atoms with Crippen molar-refractivity contribution in [1.29, 1.82) is 0 Å². The first-order valence-corrected chi connectivity index (χ1v) is 7.69. The lowest BCUT2D eigenvalue weighted by molar-refractivity contribution is -0.0990. The van der Waals surface area contributed by atoms with E-state index in [0.29, 0.717) is 0 Å². The van der Waals surface area contributed by atoms with Crippen LogP contribution in [-0.4, -0.2) is 27.4 Å². The number of rotatable bonds is 5. The molecule has 0 saturated carbocycles. The summed E-state index contributed by atoms with van der Waals surface area (Å²) in [6.45, 7) is 1.83. The van der Waals surface area contributed by atoms with Gasteiger partial charge in [0.25, 0.3) is 5.56 Å². The second-order valence-electron chi connectivity index (χ2n) is 4.53. The SMILES string of the molecule is CCOC(O)c1cc(I)c(C(=O)O)n(-c2ccc(F)cc2)c1=O. The highest BCUT2D eigenvalue weighted by Crippen LogP contribution is 2.20. The maximum absolute atomic E-state index is 13.1. The third kappa shape index (κ3) is 3.59. The Morgan fingerprint density at radius 1 is 1.39 bits per heavy atom. The number of aliphatic hydroxyl groups excluding tert-OH is 1. The molecule has 1 heterocycles. The largest absolute Gasteiger partial charge is 0.477 e. The minimum atomic E-state index is -1.48. The summed E-state index contributed by atoms with van der Waals surface area (Å²) in [5.74, 6) is -1.83. The van der Waals surface area contributed by atoms with Crippen molar-refractivity contribution < 1.29 is 24.1 Å². The summed E-state index contributed by atoms with van der Waals surface area (Å²) < 4.78 is 19.3. The van der Waals surface area contributed by atoms with Crippen LogP contribution in [-0.2, 0) is 4.74 Å². The van der Waals surface area contributed by atoms with E-state index in [2.05, 4.69) is 0 Å². The molecule has 122 valence electrons. The molecule has 0 amide bonds. The van der Waals surface area contributed by atoms with Gasteiger partial charge in [-0.25, -0.2) is 9.18 Å². The number of carbonyl (C=O) groups is 1. The Kier molecular flexibility index (Phi) is 5.50. The third-order valence-corrected chi connectivity index (χ3v) is 3.88. The summed E-state index contributed by atoms with van der Waals surface area (Å²) in [4.78, 5) is 24.1. The number of benzene rings is 1. The number of aliphatic hydroxyl groups is 1. The van der Waals surface area contributed by atoms with Crippen LogP contribution < -0.4 is 5.56 Å². The maximum Gasteiger partial charge on any atom is 0.354 e. The van der Waals surface area contributed by atoms with Crippen LogP contribution in [0.15, 0.2) is 35.1 Å². The lowest BCUT2D eigenvalue weighted by Crippen LogP contribution is -2.30. The van der Waals surface area contributed by atoms with Crippen molar-refractivity contribution in [2.24, 2.45) is 0 Å². The van der Waals surface area contributed by atoms with Crippen LogP contribution in [0.4, 0.5) is 4.39 Å². The molecule has 0 aliphatic rings. The highest BCUT2D eigenvalue weighted by molar-refractivity contribution is 14.1. The summed E-state index contributed by atoms with van der Waals surface area (Å²) in [7, 11) is 0. The van der Waals surface area contributed by atoms with Gasteiger partial charge in [-0.05, 0) is 59.8 Å². The second kappa shape index (κ2) is 7.20. The van der Waals surface area contributed by atoms with Crippen LogP contribution in [0, 0.1) is 9.39 Å². The molecule has 6 nitrogen and oxygen atoms in total. The van der Waals surface area contributed by atoms with E-state index in [0.717, 1.165) is 16.7 Å². The van der Waals surface area contributed by atoms with E-state index < -0.39 is 23.6 Å². The number of carboxylic acid groups (broad SMARTS) is 1. The Hall–Kier alpha value is -1.78. The van der Waals surface area contributed by atoms with Crippen molar-refractivity contribution >= 4 is 28.6 Å². The van der Waals surface area contributed by atoms with Crippen LogP contribution >= 0.6 is 22.6 Å². The average Bonchev–Trinajstić information content (AvgIpc) is 2.49. The predicted molar refractivity (Wildman–Crippen MR) is 88.3 cm³/mol. The van der Waals surface area contributed by atoms with Gasteiger partial charge in [-0.15, -0.1) is 0 Å². The summed E-state index contributed by atoms with van der Waals surface area (Å²) in [6.07, 6.45) is -1.48. The molecular weight excluding hydrogens is 420 g/mol. The minimum Gasteiger partial charge on any atom is -0.477 e. The van der Waals surface area contributed by atoms with Crippen molar-refractivity contribution in [3.63, 3.8) is 0 Å². The second-order valence-corrected chi connectivity index (χ2v) is 5.69. The van der Waals surface area contributed by atoms with E-state index in [1.165, 1.54) is 18.2 Å². The summed E-state index contributed by atoms with van der Waals surface area (Å²) in [5, 5.41) is 19.3. The van der Waals surface area contributed by atoms with Crippen molar-refractivity contribution in [3.8, 4) is 5.69 Å². The number of ether oxygens (including phenoxy) is 1. The van der Waals surface area contributed by atoms with Gasteiger partial charge >= 0.3 is 5.97 Å². The zero-order valence-electron chi connectivity index (χ0n) is 12.0. The van der Waals surface area contributed by atoms with E-state index in [1.54, 1.807) is 29.5 Å². The zero-order chi connectivity index (χ0) is 17.1. The van der Waals surface area contributed by atoms with Crippen LogP contribution in [0.2, 0.25) is 0 Å². The van der Waals surface area contributed by atoms with Gasteiger partial charge < -0.3 is 14.9 Å². The quantitative estimate of drug-likeness (QED) is 0.558. The number of hydrogen-bond donors (Lipinski definition) is 2. The van der Waals surface area contributed by atoms with Crippen LogP contribution in [0.25, 0.3) is 5.69 Å². The van der Waals surface area contributed by atoms with Crippen LogP contribution in [0.5, 0.6) is 0 Å². The normalized spacial score (nSPS) is 12.2. The summed E-state index contributed by atoms with van der Waals surface area (Å²) in [6, 6.07) is 6.08. The van der Waals surface area contributed by atoms with Gasteiger partial charge in [0.05, 0.1) is 5.56 Å². The number of aromatic nitrogens is 1.